The number of aliphatic hydroxyl groups is 4. The van der Waals surface area contributed by atoms with Crippen LogP contribution < -0.4 is 26.8 Å². The number of hydrogen-bond donors (Lipinski definition) is 10. The van der Waals surface area contributed by atoms with Crippen LogP contribution in [0.4, 0.5) is 0 Å². The molecule has 1 aliphatic heterocycles. The first-order valence-electron chi connectivity index (χ1n) is 26.7. The molecule has 70 heavy (non-hydrogen) atoms. The third-order valence-corrected chi connectivity index (χ3v) is 19.7. The first-order chi connectivity index (χ1) is 33.9. The number of furan rings is 1. The first kappa shape index (κ1) is 53.2. The number of nitrogens with one attached hydrogen (secondary N) is 3. The molecule has 1 saturated heterocycles. The lowest BCUT2D eigenvalue weighted by atomic mass is 9.61. The average molecular weight is 1010 g/mol. The van der Waals surface area contributed by atoms with Gasteiger partial charge in [-0.25, -0.2) is 0 Å². The third kappa shape index (κ3) is 12.6. The Hall–Kier alpha value is -3.15. The summed E-state index contributed by atoms with van der Waals surface area (Å²) in [5, 5.41) is 60.2. The van der Waals surface area contributed by atoms with Crippen molar-refractivity contribution in [3.05, 3.63) is 82.1 Å². The first-order valence-corrected chi connectivity index (χ1v) is 29.2. The zero-order chi connectivity index (χ0) is 49.4. The number of benzene rings is 1. The highest BCUT2D eigenvalue weighted by molar-refractivity contribution is 8.76. The number of aliphatic imine (C=N–C) groups is 1. The number of unbranched alkanes of at least 4 members (excludes halogenated alkanes) is 1. The number of nitrogens with zero attached hydrogens (tertiary/aromatic N) is 1. The highest BCUT2D eigenvalue weighted by atomic mass is 33.1. The number of H-pyrrole nitrogens is 1. The topological polar surface area (TPSA) is 228 Å². The lowest BCUT2D eigenvalue weighted by Gasteiger charge is -2.45. The summed E-state index contributed by atoms with van der Waals surface area (Å²) in [4.78, 5) is 7.81. The van der Waals surface area contributed by atoms with Crippen LogP contribution in [0, 0.1) is 35.0 Å². The molecule has 2 aromatic heterocycles. The van der Waals surface area contributed by atoms with Crippen molar-refractivity contribution in [2.45, 2.75) is 165 Å². The predicted molar refractivity (Wildman–Crippen MR) is 283 cm³/mol. The van der Waals surface area contributed by atoms with Crippen molar-refractivity contribution >= 4 is 27.5 Å². The fourth-order valence-corrected chi connectivity index (χ4v) is 16.1. The van der Waals surface area contributed by atoms with Gasteiger partial charge in [-0.1, -0.05) is 66.0 Å². The molecule has 0 radical (unpaired) electrons. The summed E-state index contributed by atoms with van der Waals surface area (Å²) in [5.74, 6) is 7.92. The molecule has 4 bridgehead atoms. The summed E-state index contributed by atoms with van der Waals surface area (Å²) in [5.41, 5.74) is 17.8. The second-order valence-electron chi connectivity index (χ2n) is 21.8. The van der Waals surface area contributed by atoms with Crippen LogP contribution in [0.3, 0.4) is 0 Å². The van der Waals surface area contributed by atoms with E-state index in [4.69, 9.17) is 20.6 Å². The maximum Gasteiger partial charge on any atom is 0.188 e. The Balaban J connectivity index is 0.854. The van der Waals surface area contributed by atoms with E-state index in [2.05, 4.69) is 45.8 Å². The Bertz CT molecular complexity index is 2200. The van der Waals surface area contributed by atoms with Gasteiger partial charge < -0.3 is 61.8 Å². The van der Waals surface area contributed by atoms with Gasteiger partial charge >= 0.3 is 0 Å². The molecule has 1 aromatic carbocycles. The van der Waals surface area contributed by atoms with E-state index in [0.29, 0.717) is 78.8 Å². The second kappa shape index (κ2) is 24.7. The third-order valence-electron chi connectivity index (χ3n) is 17.1. The Morgan fingerprint density at radius 3 is 2.66 bits per heavy atom. The van der Waals surface area contributed by atoms with Crippen LogP contribution in [0.25, 0.3) is 0 Å². The molecule has 3 heterocycles. The summed E-state index contributed by atoms with van der Waals surface area (Å²) in [6.45, 7) is 4.63. The minimum absolute atomic E-state index is 0.0112. The van der Waals surface area contributed by atoms with Gasteiger partial charge in [-0.15, -0.1) is 0 Å². The predicted octanol–water partition coefficient (Wildman–Crippen LogP) is 8.14. The van der Waals surface area contributed by atoms with Crippen molar-refractivity contribution in [3.8, 4) is 11.5 Å². The Morgan fingerprint density at radius 2 is 1.86 bits per heavy atom. The van der Waals surface area contributed by atoms with Crippen LogP contribution in [0.15, 0.2) is 51.9 Å². The van der Waals surface area contributed by atoms with Crippen molar-refractivity contribution in [3.63, 3.8) is 0 Å². The quantitative estimate of drug-likeness (QED) is 0.0160. The largest absolute Gasteiger partial charge is 0.504 e. The molecule has 0 amide bonds. The van der Waals surface area contributed by atoms with Crippen molar-refractivity contribution in [1.29, 1.82) is 0 Å². The van der Waals surface area contributed by atoms with E-state index in [1.807, 2.05) is 39.8 Å². The summed E-state index contributed by atoms with van der Waals surface area (Å²) in [6.07, 6.45) is 19.4. The number of fused-ring (bicyclic) bond motifs is 2. The standard InChI is InChI=1S/C55H84N6O7S2/c1-33-12-15-37-23-40(31-69-70-32-47(33)61-54(57)58-3)44(56)26-36(37)8-4-5-11-50-39(29-63)25-42(68-50)16-13-35-14-17-48(65)51(22-35)67-30-49(66)46-27-43-52(45(10-7-21-62)59-28-34(2)64)55-19-6-9-41(55)24-38(18-20-55)53(43)60-46/h14,17-18,20,22,25,27,33-34,36-38,40-41,44-45,47,49,52,59-60,62-66H,4-13,15-16,19,21,23-24,26,28-32,56H2,1-3H3,(H3,57,58,61). The zero-order valence-electron chi connectivity index (χ0n) is 42.0. The number of aromatic hydroxyl groups is 1. The molecular formula is C55H84N6O7S2. The van der Waals surface area contributed by atoms with Crippen LogP contribution in [-0.2, 0) is 25.9 Å². The monoisotopic (exact) mass is 1000 g/mol. The number of nitrogens with two attached hydrogens (primary N) is 2. The Morgan fingerprint density at radius 1 is 1.01 bits per heavy atom. The Kier molecular flexibility index (Phi) is 18.8. The number of aromatic amines is 1. The number of guanidine groups is 1. The van der Waals surface area contributed by atoms with E-state index in [1.54, 1.807) is 20.0 Å². The molecule has 6 aliphatic rings. The Labute approximate surface area is 424 Å². The summed E-state index contributed by atoms with van der Waals surface area (Å²) < 4.78 is 12.6. The number of hydrogen-bond acceptors (Lipinski definition) is 12. The average Bonchev–Trinajstić information content (AvgIpc) is 4.07. The van der Waals surface area contributed by atoms with Crippen molar-refractivity contribution < 1.29 is 34.7 Å². The van der Waals surface area contributed by atoms with Gasteiger partial charge in [-0.05, 0) is 148 Å². The number of aryl methyl sites for hydroxylation is 3. The summed E-state index contributed by atoms with van der Waals surface area (Å²) in [7, 11) is 5.63. The number of phenols is 1. The van der Waals surface area contributed by atoms with Gasteiger partial charge in [0.15, 0.2) is 17.5 Å². The van der Waals surface area contributed by atoms with Gasteiger partial charge in [0.1, 0.15) is 24.2 Å². The van der Waals surface area contributed by atoms with Crippen molar-refractivity contribution in [2.24, 2.45) is 51.5 Å². The fourth-order valence-electron chi connectivity index (χ4n) is 13.2. The molecule has 2 saturated carbocycles. The zero-order valence-corrected chi connectivity index (χ0v) is 43.6. The highest BCUT2D eigenvalue weighted by Gasteiger charge is 2.55. The molecule has 1 spiro atoms. The minimum atomic E-state index is -0.956. The number of allylic oxidation sites excluding steroid dienone is 2. The number of aliphatic hydroxyl groups excluding tert-OH is 4. The van der Waals surface area contributed by atoms with E-state index in [1.165, 1.54) is 31.2 Å². The van der Waals surface area contributed by atoms with Crippen LogP contribution >= 0.6 is 21.6 Å². The smallest absolute Gasteiger partial charge is 0.188 e. The molecule has 3 fully saturated rings. The lowest BCUT2D eigenvalue weighted by Crippen LogP contribution is -2.46. The summed E-state index contributed by atoms with van der Waals surface area (Å²) >= 11 is 0. The molecule has 9 rings (SSSR count). The van der Waals surface area contributed by atoms with Crippen LogP contribution in [0.1, 0.15) is 155 Å². The minimum Gasteiger partial charge on any atom is -0.504 e. The molecule has 13 atom stereocenters. The second-order valence-corrected chi connectivity index (χ2v) is 24.3. The number of phenolic OH excluding ortho intramolecular Hbond substituents is 1. The maximum absolute atomic E-state index is 11.7. The molecule has 15 heteroatoms. The SMILES string of the molecule is CN=C(N)NC1CSSCC2CC(CCC1C)C(CCCCc1oc(CCc3ccc(O)c(OCC(O)c4cc5c([nH]4)C4C=CC6(CCCC6C4)C5C(CCCO)NCC(C)O)c3)cc1CO)CC2N. The van der Waals surface area contributed by atoms with Crippen molar-refractivity contribution in [2.75, 3.05) is 38.3 Å². The van der Waals surface area contributed by atoms with Crippen LogP contribution in [0.2, 0.25) is 0 Å². The lowest BCUT2D eigenvalue weighted by molar-refractivity contribution is 0.103. The van der Waals surface area contributed by atoms with E-state index in [9.17, 15) is 25.5 Å². The molecular weight excluding hydrogens is 921 g/mol. The van der Waals surface area contributed by atoms with Gasteiger partial charge in [0, 0.05) is 91.5 Å². The van der Waals surface area contributed by atoms with E-state index < -0.39 is 12.2 Å². The van der Waals surface area contributed by atoms with Crippen LogP contribution in [-0.4, -0.2) is 99.0 Å². The summed E-state index contributed by atoms with van der Waals surface area (Å²) in [6, 6.07) is 10.1. The molecule has 5 aliphatic carbocycles. The van der Waals surface area contributed by atoms with Gasteiger partial charge in [-0.2, -0.15) is 0 Å². The van der Waals surface area contributed by atoms with Crippen molar-refractivity contribution in [1.82, 2.24) is 15.6 Å². The molecule has 3 aromatic rings. The van der Waals surface area contributed by atoms with Gasteiger partial charge in [0.2, 0.25) is 0 Å². The molecule has 388 valence electrons. The van der Waals surface area contributed by atoms with Gasteiger partial charge in [0.05, 0.1) is 12.7 Å². The van der Waals surface area contributed by atoms with E-state index >= 15 is 0 Å². The van der Waals surface area contributed by atoms with Crippen LogP contribution in [0.5, 0.6) is 11.5 Å². The molecule has 13 unspecified atom stereocenters. The molecule has 12 N–H and O–H groups in total. The number of aromatic nitrogens is 1. The number of rotatable bonds is 21. The normalized spacial score (nSPS) is 30.2. The molecule has 13 nitrogen and oxygen atoms in total. The number of ether oxygens (including phenoxy) is 1. The van der Waals surface area contributed by atoms with Gasteiger partial charge in [0.25, 0.3) is 0 Å². The fraction of sp³-hybridized carbons (Fsp3) is 0.691. The van der Waals surface area contributed by atoms with E-state index in [-0.39, 0.29) is 54.9 Å². The highest BCUT2D eigenvalue weighted by Crippen LogP contribution is 2.64. The maximum atomic E-state index is 11.7. The van der Waals surface area contributed by atoms with E-state index in [0.717, 1.165) is 97.6 Å². The van der Waals surface area contributed by atoms with Gasteiger partial charge in [-0.3, -0.25) is 4.99 Å².